The quantitative estimate of drug-likeness (QED) is 0.668. The lowest BCUT2D eigenvalue weighted by Crippen LogP contribution is -2.09. The third kappa shape index (κ3) is 3.27. The fraction of sp³-hybridized carbons (Fsp3) is 0.333. The van der Waals surface area contributed by atoms with Crippen LogP contribution in [-0.4, -0.2) is 37.7 Å². The van der Waals surface area contributed by atoms with Gasteiger partial charge in [0.2, 0.25) is 0 Å². The van der Waals surface area contributed by atoms with E-state index in [0.29, 0.717) is 0 Å². The molecule has 0 amide bonds. The molecule has 0 aliphatic heterocycles. The molecule has 0 saturated heterocycles. The molecule has 1 aromatic rings. The Hall–Kier alpha value is -1.00. The molecule has 0 bridgehead atoms. The molecule has 0 saturated carbocycles. The number of aliphatic hydroxyl groups excluding tert-OH is 1. The van der Waals surface area contributed by atoms with Gasteiger partial charge in [-0.3, -0.25) is 9.11 Å². The average Bonchev–Trinajstić information content (AvgIpc) is 2.17. The van der Waals surface area contributed by atoms with Gasteiger partial charge in [-0.25, -0.2) is 0 Å². The first-order valence-electron chi connectivity index (χ1n) is 4.76. The number of benzene rings is 1. The van der Waals surface area contributed by atoms with E-state index in [1.54, 1.807) is 0 Å². The maximum absolute atomic E-state index is 11.1. The summed E-state index contributed by atoms with van der Waals surface area (Å²) >= 11 is 0. The van der Waals surface area contributed by atoms with Crippen molar-refractivity contribution in [1.29, 1.82) is 0 Å². The Morgan fingerprint density at radius 1 is 1.00 bits per heavy atom. The monoisotopic (exact) mass is 296 g/mol. The van der Waals surface area contributed by atoms with E-state index in [1.165, 1.54) is 0 Å². The summed E-state index contributed by atoms with van der Waals surface area (Å²) in [7, 11) is -9.23. The maximum atomic E-state index is 11.1. The minimum absolute atomic E-state index is 0.00861. The lowest BCUT2D eigenvalue weighted by molar-refractivity contribution is 0.299. The molecule has 0 atom stereocenters. The summed E-state index contributed by atoms with van der Waals surface area (Å²) in [4.78, 5) is -1.22. The topological polar surface area (TPSA) is 129 Å². The molecule has 0 aromatic heterocycles. The summed E-state index contributed by atoms with van der Waals surface area (Å²) in [6.45, 7) is 0.813. The summed E-state index contributed by atoms with van der Waals surface area (Å²) in [6.07, 6.45) is -0.00861. The van der Waals surface area contributed by atoms with Crippen LogP contribution in [-0.2, 0) is 26.7 Å². The van der Waals surface area contributed by atoms with E-state index < -0.39 is 30.0 Å². The first-order chi connectivity index (χ1) is 8.07. The van der Waals surface area contributed by atoms with Crippen molar-refractivity contribution in [3.63, 3.8) is 0 Å². The van der Waals surface area contributed by atoms with Crippen LogP contribution in [0, 0.1) is 6.92 Å². The lowest BCUT2D eigenvalue weighted by atomic mass is 10.1. The zero-order valence-electron chi connectivity index (χ0n) is 9.36. The molecule has 0 fully saturated rings. The summed E-state index contributed by atoms with van der Waals surface area (Å²) in [6, 6.07) is 2.10. The van der Waals surface area contributed by atoms with Crippen LogP contribution in [0.5, 0.6) is 0 Å². The van der Waals surface area contributed by atoms with Crippen LogP contribution >= 0.6 is 0 Å². The number of rotatable bonds is 4. The van der Waals surface area contributed by atoms with Gasteiger partial charge in [0.15, 0.2) is 0 Å². The Labute approximate surface area is 105 Å². The van der Waals surface area contributed by atoms with Crippen LogP contribution in [0.15, 0.2) is 21.9 Å². The van der Waals surface area contributed by atoms with Crippen molar-refractivity contribution in [2.45, 2.75) is 23.1 Å². The van der Waals surface area contributed by atoms with E-state index >= 15 is 0 Å². The van der Waals surface area contributed by atoms with Gasteiger partial charge in [0.05, 0.1) is 9.79 Å². The van der Waals surface area contributed by atoms with E-state index in [-0.39, 0.29) is 24.2 Å². The molecule has 102 valence electrons. The van der Waals surface area contributed by atoms with Gasteiger partial charge in [-0.15, -0.1) is 0 Å². The fourth-order valence-electron chi connectivity index (χ4n) is 1.53. The molecule has 1 aromatic carbocycles. The van der Waals surface area contributed by atoms with Crippen molar-refractivity contribution in [3.05, 3.63) is 23.3 Å². The lowest BCUT2D eigenvalue weighted by Gasteiger charge is -2.10. The molecule has 0 spiro atoms. The molecule has 0 aliphatic carbocycles. The van der Waals surface area contributed by atoms with Crippen LogP contribution in [0.4, 0.5) is 0 Å². The molecule has 9 heteroatoms. The summed E-state index contributed by atoms with van der Waals surface area (Å²) in [5.41, 5.74) is -0.106. The van der Waals surface area contributed by atoms with Crippen LogP contribution < -0.4 is 0 Å². The van der Waals surface area contributed by atoms with Crippen molar-refractivity contribution in [2.24, 2.45) is 0 Å². The van der Waals surface area contributed by atoms with E-state index in [1.807, 2.05) is 0 Å². The van der Waals surface area contributed by atoms with Gasteiger partial charge in [0.25, 0.3) is 20.2 Å². The Kier molecular flexibility index (Phi) is 4.13. The third-order valence-corrected chi connectivity index (χ3v) is 4.29. The van der Waals surface area contributed by atoms with Crippen molar-refractivity contribution in [3.8, 4) is 0 Å². The van der Waals surface area contributed by atoms with Crippen LogP contribution in [0.25, 0.3) is 0 Å². The average molecular weight is 296 g/mol. The van der Waals surface area contributed by atoms with Gasteiger partial charge >= 0.3 is 0 Å². The van der Waals surface area contributed by atoms with Crippen molar-refractivity contribution in [2.75, 3.05) is 6.61 Å². The van der Waals surface area contributed by atoms with Crippen molar-refractivity contribution < 1.29 is 31.0 Å². The van der Waals surface area contributed by atoms with E-state index in [9.17, 15) is 16.8 Å². The molecular formula is C9H12O7S2. The van der Waals surface area contributed by atoms with Crippen LogP contribution in [0.3, 0.4) is 0 Å². The largest absolute Gasteiger partial charge is 0.396 e. The smallest absolute Gasteiger partial charge is 0.294 e. The molecule has 18 heavy (non-hydrogen) atoms. The normalized spacial score (nSPS) is 12.7. The SMILES string of the molecule is Cc1c(S(=O)(=O)O)cc(CCO)cc1S(=O)(=O)O. The zero-order chi connectivity index (χ0) is 14.1. The Balaban J connectivity index is 3.70. The van der Waals surface area contributed by atoms with Gasteiger partial charge in [-0.1, -0.05) is 0 Å². The predicted octanol–water partition coefficient (Wildman–Crippen LogP) is 0.0232. The predicted molar refractivity (Wildman–Crippen MR) is 61.6 cm³/mol. The minimum Gasteiger partial charge on any atom is -0.396 e. The van der Waals surface area contributed by atoms with E-state index in [4.69, 9.17) is 14.2 Å². The standard InChI is InChI=1S/C9H12O7S2/c1-6-8(17(11,12)13)4-7(2-3-10)5-9(6)18(14,15)16/h4-5,10H,2-3H2,1H3,(H,11,12,13)(H,14,15,16). The summed E-state index contributed by atoms with van der Waals surface area (Å²) in [5.74, 6) is 0. The van der Waals surface area contributed by atoms with Crippen molar-refractivity contribution in [1.82, 2.24) is 0 Å². The fourth-order valence-corrected chi connectivity index (χ4v) is 3.18. The minimum atomic E-state index is -4.61. The molecule has 0 radical (unpaired) electrons. The maximum Gasteiger partial charge on any atom is 0.294 e. The first-order valence-corrected chi connectivity index (χ1v) is 7.64. The molecule has 0 aliphatic rings. The van der Waals surface area contributed by atoms with E-state index in [2.05, 4.69) is 0 Å². The Morgan fingerprint density at radius 3 is 1.67 bits per heavy atom. The second-order valence-electron chi connectivity index (χ2n) is 3.64. The highest BCUT2D eigenvalue weighted by atomic mass is 32.2. The molecule has 1 rings (SSSR count). The van der Waals surface area contributed by atoms with Gasteiger partial charge in [0, 0.05) is 6.61 Å². The molecule has 7 nitrogen and oxygen atoms in total. The third-order valence-electron chi connectivity index (χ3n) is 2.33. The highest BCUT2D eigenvalue weighted by Crippen LogP contribution is 2.25. The number of hydrogen-bond acceptors (Lipinski definition) is 5. The highest BCUT2D eigenvalue weighted by molar-refractivity contribution is 7.86. The number of aliphatic hydroxyl groups is 1. The Morgan fingerprint density at radius 2 is 1.39 bits per heavy atom. The zero-order valence-corrected chi connectivity index (χ0v) is 11.0. The Bertz CT molecular complexity index is 605. The molecule has 0 unspecified atom stereocenters. The van der Waals surface area contributed by atoms with Gasteiger partial charge in [0.1, 0.15) is 0 Å². The summed E-state index contributed by atoms with van der Waals surface area (Å²) in [5, 5.41) is 8.75. The second-order valence-corrected chi connectivity index (χ2v) is 6.42. The van der Waals surface area contributed by atoms with Crippen molar-refractivity contribution >= 4 is 20.2 Å². The molecular weight excluding hydrogens is 284 g/mol. The first kappa shape index (κ1) is 15.1. The molecule has 0 heterocycles. The van der Waals surface area contributed by atoms with Gasteiger partial charge in [-0.2, -0.15) is 16.8 Å². The highest BCUT2D eigenvalue weighted by Gasteiger charge is 2.22. The molecule has 3 N–H and O–H groups in total. The second kappa shape index (κ2) is 4.94. The van der Waals surface area contributed by atoms with Gasteiger partial charge < -0.3 is 5.11 Å². The van der Waals surface area contributed by atoms with Crippen LogP contribution in [0.1, 0.15) is 11.1 Å². The van der Waals surface area contributed by atoms with Gasteiger partial charge in [-0.05, 0) is 36.6 Å². The van der Waals surface area contributed by atoms with Crippen LogP contribution in [0.2, 0.25) is 0 Å². The number of hydrogen-bond donors (Lipinski definition) is 3. The summed E-state index contributed by atoms with van der Waals surface area (Å²) < 4.78 is 62.4. The van der Waals surface area contributed by atoms with E-state index in [0.717, 1.165) is 19.1 Å².